The van der Waals surface area contributed by atoms with Crippen LogP contribution in [0, 0.1) is 11.3 Å². The lowest BCUT2D eigenvalue weighted by molar-refractivity contribution is -0.133. The second-order valence-electron chi connectivity index (χ2n) is 3.52. The molecule has 1 unspecified atom stereocenters. The third-order valence-corrected chi connectivity index (χ3v) is 2.36. The molecule has 0 aliphatic carbocycles. The highest BCUT2D eigenvalue weighted by Crippen LogP contribution is 2.17. The lowest BCUT2D eigenvalue weighted by atomic mass is 10.2. The fourth-order valence-corrected chi connectivity index (χ4v) is 1.68. The largest absolute Gasteiger partial charge is 0.347 e. The van der Waals surface area contributed by atoms with Crippen molar-refractivity contribution in [3.05, 3.63) is 0 Å². The van der Waals surface area contributed by atoms with Crippen LogP contribution in [0.2, 0.25) is 0 Å². The van der Waals surface area contributed by atoms with E-state index >= 15 is 0 Å². The molecule has 0 spiro atoms. The van der Waals surface area contributed by atoms with Crippen molar-refractivity contribution in [3.63, 3.8) is 0 Å². The molecule has 4 nitrogen and oxygen atoms in total. The highest BCUT2D eigenvalue weighted by atomic mass is 16.2. The van der Waals surface area contributed by atoms with Crippen molar-refractivity contribution in [2.45, 2.75) is 18.9 Å². The minimum atomic E-state index is -0.0605. The zero-order valence-electron chi connectivity index (χ0n) is 8.16. The molecular formula is C9H15N3O. The first-order valence-electron chi connectivity index (χ1n) is 4.49. The Hall–Kier alpha value is -1.08. The van der Waals surface area contributed by atoms with Crippen LogP contribution < -0.4 is 0 Å². The maximum atomic E-state index is 11.6. The molecule has 0 aromatic heterocycles. The van der Waals surface area contributed by atoms with Crippen molar-refractivity contribution in [3.8, 4) is 6.07 Å². The van der Waals surface area contributed by atoms with Crippen LogP contribution in [0.25, 0.3) is 0 Å². The fourth-order valence-electron chi connectivity index (χ4n) is 1.68. The predicted molar refractivity (Wildman–Crippen MR) is 48.9 cm³/mol. The monoisotopic (exact) mass is 181 g/mol. The van der Waals surface area contributed by atoms with Gasteiger partial charge in [0.25, 0.3) is 0 Å². The molecule has 1 aliphatic heterocycles. The number of nitrogens with zero attached hydrogens (tertiary/aromatic N) is 3. The highest BCUT2D eigenvalue weighted by Gasteiger charge is 2.30. The minimum Gasteiger partial charge on any atom is -0.347 e. The molecule has 0 N–H and O–H groups in total. The van der Waals surface area contributed by atoms with Gasteiger partial charge in [0.1, 0.15) is 0 Å². The SMILES string of the molecule is CN(C)C(=O)C1CCCN1CC#N. The molecule has 1 fully saturated rings. The number of likely N-dealkylation sites (N-methyl/N-ethyl adjacent to an activating group) is 1. The molecule has 1 aliphatic rings. The van der Waals surface area contributed by atoms with Gasteiger partial charge in [-0.1, -0.05) is 0 Å². The van der Waals surface area contributed by atoms with Gasteiger partial charge in [-0.25, -0.2) is 0 Å². The molecule has 13 heavy (non-hydrogen) atoms. The Morgan fingerprint density at radius 2 is 2.38 bits per heavy atom. The number of likely N-dealkylation sites (tertiary alicyclic amines) is 1. The molecule has 4 heteroatoms. The summed E-state index contributed by atoms with van der Waals surface area (Å²) in [7, 11) is 3.51. The Morgan fingerprint density at radius 3 is 2.92 bits per heavy atom. The molecule has 1 saturated heterocycles. The molecule has 0 aromatic carbocycles. The molecule has 72 valence electrons. The first kappa shape index (κ1) is 10.0. The van der Waals surface area contributed by atoms with Crippen molar-refractivity contribution < 1.29 is 4.79 Å². The molecule has 0 saturated carbocycles. The van der Waals surface area contributed by atoms with Gasteiger partial charge in [-0.2, -0.15) is 5.26 Å². The van der Waals surface area contributed by atoms with E-state index in [2.05, 4.69) is 6.07 Å². The molecular weight excluding hydrogens is 166 g/mol. The summed E-state index contributed by atoms with van der Waals surface area (Å²) in [6.07, 6.45) is 1.91. The average Bonchev–Trinajstić information content (AvgIpc) is 2.52. The summed E-state index contributed by atoms with van der Waals surface area (Å²) in [5.74, 6) is 0.118. The van der Waals surface area contributed by atoms with Crippen LogP contribution in [0.1, 0.15) is 12.8 Å². The summed E-state index contributed by atoms with van der Waals surface area (Å²) in [4.78, 5) is 15.1. The highest BCUT2D eigenvalue weighted by molar-refractivity contribution is 5.81. The maximum absolute atomic E-state index is 11.6. The number of rotatable bonds is 2. The zero-order chi connectivity index (χ0) is 9.84. The summed E-state index contributed by atoms with van der Waals surface area (Å²) in [6, 6.07) is 2.03. The fraction of sp³-hybridized carbons (Fsp3) is 0.778. The van der Waals surface area contributed by atoms with Gasteiger partial charge in [0.15, 0.2) is 0 Å². The normalized spacial score (nSPS) is 22.7. The number of amides is 1. The summed E-state index contributed by atoms with van der Waals surface area (Å²) in [5.41, 5.74) is 0. The molecule has 0 aromatic rings. The van der Waals surface area contributed by atoms with E-state index in [1.807, 2.05) is 4.90 Å². The van der Waals surface area contributed by atoms with Gasteiger partial charge in [-0.15, -0.1) is 0 Å². The number of carbonyl (C=O) groups is 1. The van der Waals surface area contributed by atoms with Crippen LogP contribution in [0.4, 0.5) is 0 Å². The van der Waals surface area contributed by atoms with E-state index in [-0.39, 0.29) is 11.9 Å². The number of nitriles is 1. The van der Waals surface area contributed by atoms with Crippen LogP contribution in [-0.2, 0) is 4.79 Å². The van der Waals surface area contributed by atoms with Crippen molar-refractivity contribution in [1.29, 1.82) is 5.26 Å². The summed E-state index contributed by atoms with van der Waals surface area (Å²) >= 11 is 0. The average molecular weight is 181 g/mol. The van der Waals surface area contributed by atoms with E-state index in [0.29, 0.717) is 6.54 Å². The van der Waals surface area contributed by atoms with Gasteiger partial charge in [-0.3, -0.25) is 9.69 Å². The first-order valence-corrected chi connectivity index (χ1v) is 4.49. The topological polar surface area (TPSA) is 47.3 Å². The Morgan fingerprint density at radius 1 is 1.69 bits per heavy atom. The van der Waals surface area contributed by atoms with Crippen molar-refractivity contribution in [2.24, 2.45) is 0 Å². The van der Waals surface area contributed by atoms with E-state index < -0.39 is 0 Å². The molecule has 1 heterocycles. The van der Waals surface area contributed by atoms with Crippen LogP contribution in [0.5, 0.6) is 0 Å². The van der Waals surface area contributed by atoms with E-state index in [9.17, 15) is 4.79 Å². The van der Waals surface area contributed by atoms with Crippen molar-refractivity contribution in [1.82, 2.24) is 9.80 Å². The van der Waals surface area contributed by atoms with Gasteiger partial charge in [0.2, 0.25) is 5.91 Å². The lowest BCUT2D eigenvalue weighted by Crippen LogP contribution is -2.42. The van der Waals surface area contributed by atoms with Crippen molar-refractivity contribution >= 4 is 5.91 Å². The van der Waals surface area contributed by atoms with Crippen LogP contribution in [0.15, 0.2) is 0 Å². The van der Waals surface area contributed by atoms with Gasteiger partial charge in [-0.05, 0) is 12.8 Å². The molecule has 1 rings (SSSR count). The Bertz CT molecular complexity index is 232. The zero-order valence-corrected chi connectivity index (χ0v) is 8.16. The van der Waals surface area contributed by atoms with Crippen LogP contribution in [-0.4, -0.2) is 48.9 Å². The predicted octanol–water partition coefficient (Wildman–Crippen LogP) is 0.0626. The summed E-state index contributed by atoms with van der Waals surface area (Å²) in [5, 5.41) is 8.55. The van der Waals surface area contributed by atoms with Gasteiger partial charge < -0.3 is 4.90 Å². The Labute approximate surface area is 78.7 Å². The minimum absolute atomic E-state index is 0.0605. The van der Waals surface area contributed by atoms with E-state index in [0.717, 1.165) is 19.4 Å². The van der Waals surface area contributed by atoms with E-state index in [1.165, 1.54) is 0 Å². The van der Waals surface area contributed by atoms with Gasteiger partial charge in [0, 0.05) is 20.6 Å². The molecule has 1 atom stereocenters. The van der Waals surface area contributed by atoms with Crippen LogP contribution in [0.3, 0.4) is 0 Å². The maximum Gasteiger partial charge on any atom is 0.239 e. The Kier molecular flexibility index (Phi) is 3.26. The van der Waals surface area contributed by atoms with Crippen molar-refractivity contribution in [2.75, 3.05) is 27.2 Å². The third kappa shape index (κ3) is 2.19. The Balaban J connectivity index is 2.58. The number of hydrogen-bond acceptors (Lipinski definition) is 3. The smallest absolute Gasteiger partial charge is 0.239 e. The first-order chi connectivity index (χ1) is 6.16. The molecule has 0 bridgehead atoms. The second kappa shape index (κ2) is 4.24. The molecule has 0 radical (unpaired) electrons. The van der Waals surface area contributed by atoms with Gasteiger partial charge in [0.05, 0.1) is 18.7 Å². The quantitative estimate of drug-likeness (QED) is 0.566. The third-order valence-electron chi connectivity index (χ3n) is 2.36. The number of hydrogen-bond donors (Lipinski definition) is 0. The van der Waals surface area contributed by atoms with E-state index in [1.54, 1.807) is 19.0 Å². The molecule has 1 amide bonds. The van der Waals surface area contributed by atoms with Crippen LogP contribution >= 0.6 is 0 Å². The standard InChI is InChI=1S/C9H15N3O/c1-11(2)9(13)8-4-3-6-12(8)7-5-10/h8H,3-4,6-7H2,1-2H3. The number of carbonyl (C=O) groups excluding carboxylic acids is 1. The van der Waals surface area contributed by atoms with E-state index in [4.69, 9.17) is 5.26 Å². The summed E-state index contributed by atoms with van der Waals surface area (Å²) in [6.45, 7) is 1.24. The van der Waals surface area contributed by atoms with Gasteiger partial charge >= 0.3 is 0 Å². The second-order valence-corrected chi connectivity index (χ2v) is 3.52. The lowest BCUT2D eigenvalue weighted by Gasteiger charge is -2.23. The summed E-state index contributed by atoms with van der Waals surface area (Å²) < 4.78 is 0.